The van der Waals surface area contributed by atoms with Gasteiger partial charge in [-0.05, 0) is 36.4 Å². The number of ketones is 2. The molecule has 0 aromatic heterocycles. The van der Waals surface area contributed by atoms with Crippen molar-refractivity contribution in [1.29, 1.82) is 0 Å². The van der Waals surface area contributed by atoms with Gasteiger partial charge in [-0.2, -0.15) is 0 Å². The first kappa shape index (κ1) is 21.7. The fraction of sp³-hybridized carbons (Fsp3) is 0. The van der Waals surface area contributed by atoms with Gasteiger partial charge < -0.3 is 11.5 Å². The molecule has 0 aliphatic carbocycles. The van der Waals surface area contributed by atoms with Crippen molar-refractivity contribution in [3.8, 4) is 0 Å². The second kappa shape index (κ2) is 9.77. The molecule has 4 nitrogen and oxygen atoms in total. The Morgan fingerprint density at radius 3 is 1.22 bits per heavy atom. The SMILES string of the molecule is Nc1cc(C(=O)c2ccccc2)ccc1SSc1ccc(C(=O)c2ccccc2)cc1N. The minimum Gasteiger partial charge on any atom is -0.398 e. The van der Waals surface area contributed by atoms with E-state index in [2.05, 4.69) is 0 Å². The van der Waals surface area contributed by atoms with E-state index in [4.69, 9.17) is 11.5 Å². The van der Waals surface area contributed by atoms with Crippen LogP contribution in [0.25, 0.3) is 0 Å². The van der Waals surface area contributed by atoms with Gasteiger partial charge in [-0.25, -0.2) is 0 Å². The molecule has 4 aromatic carbocycles. The quantitative estimate of drug-likeness (QED) is 0.198. The average molecular weight is 457 g/mol. The number of hydrogen-bond donors (Lipinski definition) is 2. The summed E-state index contributed by atoms with van der Waals surface area (Å²) < 4.78 is 0. The summed E-state index contributed by atoms with van der Waals surface area (Å²) in [6.45, 7) is 0. The highest BCUT2D eigenvalue weighted by Crippen LogP contribution is 2.42. The molecule has 6 heteroatoms. The topological polar surface area (TPSA) is 86.2 Å². The van der Waals surface area contributed by atoms with Crippen molar-refractivity contribution in [2.75, 3.05) is 11.5 Å². The number of benzene rings is 4. The summed E-state index contributed by atoms with van der Waals surface area (Å²) in [5, 5.41) is 0. The number of carbonyl (C=O) groups excluding carboxylic acids is 2. The van der Waals surface area contributed by atoms with Crippen molar-refractivity contribution in [1.82, 2.24) is 0 Å². The Hall–Kier alpha value is -3.48. The lowest BCUT2D eigenvalue weighted by Crippen LogP contribution is -2.02. The number of anilines is 2. The van der Waals surface area contributed by atoms with Crippen molar-refractivity contribution in [2.24, 2.45) is 0 Å². The predicted molar refractivity (Wildman–Crippen MR) is 133 cm³/mol. The molecule has 0 fully saturated rings. The van der Waals surface area contributed by atoms with Crippen LogP contribution in [-0.4, -0.2) is 11.6 Å². The first-order chi connectivity index (χ1) is 15.5. The summed E-state index contributed by atoms with van der Waals surface area (Å²) in [7, 11) is 2.91. The Morgan fingerprint density at radius 2 is 0.875 bits per heavy atom. The fourth-order valence-electron chi connectivity index (χ4n) is 3.13. The fourth-order valence-corrected chi connectivity index (χ4v) is 5.32. The van der Waals surface area contributed by atoms with Crippen molar-refractivity contribution < 1.29 is 9.59 Å². The summed E-state index contributed by atoms with van der Waals surface area (Å²) in [6, 6.07) is 28.8. The molecular formula is C26H20N2O2S2. The van der Waals surface area contributed by atoms with Crippen LogP contribution in [0.1, 0.15) is 31.8 Å². The van der Waals surface area contributed by atoms with E-state index in [1.165, 1.54) is 21.6 Å². The van der Waals surface area contributed by atoms with Crippen LogP contribution in [0.4, 0.5) is 11.4 Å². The molecule has 4 N–H and O–H groups in total. The van der Waals surface area contributed by atoms with Crippen LogP contribution < -0.4 is 11.5 Å². The Kier molecular flexibility index (Phi) is 6.63. The van der Waals surface area contributed by atoms with Gasteiger partial charge in [0.25, 0.3) is 0 Å². The van der Waals surface area contributed by atoms with E-state index in [0.29, 0.717) is 33.6 Å². The van der Waals surface area contributed by atoms with Gasteiger partial charge in [0.15, 0.2) is 11.6 Å². The number of hydrogen-bond acceptors (Lipinski definition) is 6. The molecule has 4 aromatic rings. The number of nitrogens with two attached hydrogens (primary N) is 2. The van der Waals surface area contributed by atoms with Crippen LogP contribution in [0, 0.1) is 0 Å². The van der Waals surface area contributed by atoms with Gasteiger partial charge in [-0.3, -0.25) is 9.59 Å². The van der Waals surface area contributed by atoms with Gasteiger partial charge in [0.05, 0.1) is 0 Å². The molecule has 0 amide bonds. The third-order valence-electron chi connectivity index (χ3n) is 4.84. The Balaban J connectivity index is 1.45. The molecule has 0 bridgehead atoms. The Labute approximate surface area is 194 Å². The zero-order chi connectivity index (χ0) is 22.5. The highest BCUT2D eigenvalue weighted by atomic mass is 33.1. The molecule has 0 aliphatic heterocycles. The molecule has 0 unspecified atom stereocenters. The zero-order valence-electron chi connectivity index (χ0n) is 17.0. The molecule has 0 heterocycles. The van der Waals surface area contributed by atoms with E-state index in [1.54, 1.807) is 48.5 Å². The van der Waals surface area contributed by atoms with Crippen LogP contribution >= 0.6 is 21.6 Å². The molecule has 32 heavy (non-hydrogen) atoms. The lowest BCUT2D eigenvalue weighted by molar-refractivity contribution is 0.103. The lowest BCUT2D eigenvalue weighted by Gasteiger charge is -2.10. The van der Waals surface area contributed by atoms with E-state index in [-0.39, 0.29) is 11.6 Å². The molecule has 0 aliphatic rings. The largest absolute Gasteiger partial charge is 0.398 e. The van der Waals surface area contributed by atoms with E-state index in [9.17, 15) is 9.59 Å². The van der Waals surface area contributed by atoms with E-state index in [0.717, 1.165) is 9.79 Å². The molecular weight excluding hydrogens is 436 g/mol. The highest BCUT2D eigenvalue weighted by molar-refractivity contribution is 8.76. The summed E-state index contributed by atoms with van der Waals surface area (Å²) in [6.07, 6.45) is 0. The van der Waals surface area contributed by atoms with Gasteiger partial charge in [-0.1, -0.05) is 82.3 Å². The Bertz CT molecular complexity index is 1170. The van der Waals surface area contributed by atoms with Crippen molar-refractivity contribution in [3.63, 3.8) is 0 Å². The summed E-state index contributed by atoms with van der Waals surface area (Å²) >= 11 is 0. The zero-order valence-corrected chi connectivity index (χ0v) is 18.7. The highest BCUT2D eigenvalue weighted by Gasteiger charge is 2.13. The van der Waals surface area contributed by atoms with Gasteiger partial charge in [0.2, 0.25) is 0 Å². The molecule has 158 valence electrons. The third-order valence-corrected chi connectivity index (χ3v) is 7.35. The van der Waals surface area contributed by atoms with Crippen LogP contribution in [0.5, 0.6) is 0 Å². The smallest absolute Gasteiger partial charge is 0.193 e. The average Bonchev–Trinajstić information content (AvgIpc) is 2.84. The van der Waals surface area contributed by atoms with Crippen molar-refractivity contribution in [2.45, 2.75) is 9.79 Å². The first-order valence-corrected chi connectivity index (χ1v) is 12.0. The molecule has 4 rings (SSSR count). The van der Waals surface area contributed by atoms with Crippen LogP contribution in [0.15, 0.2) is 107 Å². The standard InChI is InChI=1S/C26H20N2O2S2/c27-21-15-19(25(29)17-7-3-1-4-8-17)11-13-23(21)31-32-24-14-12-20(16-22(24)28)26(30)18-9-5-2-6-10-18/h1-16H,27-28H2. The molecule has 0 spiro atoms. The third kappa shape index (κ3) is 4.88. The molecule has 0 atom stereocenters. The molecule has 0 radical (unpaired) electrons. The molecule has 0 saturated heterocycles. The predicted octanol–water partition coefficient (Wildman–Crippen LogP) is 6.11. The first-order valence-electron chi connectivity index (χ1n) is 9.86. The summed E-state index contributed by atoms with van der Waals surface area (Å²) in [4.78, 5) is 26.9. The van der Waals surface area contributed by atoms with Gasteiger partial charge in [0, 0.05) is 43.4 Å². The minimum atomic E-state index is -0.0654. The minimum absolute atomic E-state index is 0.0654. The van der Waals surface area contributed by atoms with Crippen molar-refractivity contribution >= 4 is 44.5 Å². The lowest BCUT2D eigenvalue weighted by atomic mass is 10.0. The normalized spacial score (nSPS) is 10.6. The van der Waals surface area contributed by atoms with Gasteiger partial charge in [0.1, 0.15) is 0 Å². The van der Waals surface area contributed by atoms with Gasteiger partial charge >= 0.3 is 0 Å². The van der Waals surface area contributed by atoms with Crippen LogP contribution in [-0.2, 0) is 0 Å². The van der Waals surface area contributed by atoms with E-state index >= 15 is 0 Å². The maximum atomic E-state index is 12.6. The maximum absolute atomic E-state index is 12.6. The van der Waals surface area contributed by atoms with Crippen LogP contribution in [0.2, 0.25) is 0 Å². The number of carbonyl (C=O) groups is 2. The number of rotatable bonds is 7. The van der Waals surface area contributed by atoms with Gasteiger partial charge in [-0.15, -0.1) is 0 Å². The van der Waals surface area contributed by atoms with Crippen molar-refractivity contribution in [3.05, 3.63) is 119 Å². The maximum Gasteiger partial charge on any atom is 0.193 e. The summed E-state index contributed by atoms with van der Waals surface area (Å²) in [5.41, 5.74) is 15.8. The summed E-state index contributed by atoms with van der Waals surface area (Å²) in [5.74, 6) is -0.131. The molecule has 0 saturated carbocycles. The Morgan fingerprint density at radius 1 is 0.500 bits per heavy atom. The second-order valence-corrected chi connectivity index (χ2v) is 9.28. The second-order valence-electron chi connectivity index (χ2n) is 7.06. The monoisotopic (exact) mass is 456 g/mol. The van der Waals surface area contributed by atoms with E-state index < -0.39 is 0 Å². The van der Waals surface area contributed by atoms with Crippen LogP contribution in [0.3, 0.4) is 0 Å². The van der Waals surface area contributed by atoms with E-state index in [1.807, 2.05) is 48.5 Å². The number of nitrogen functional groups attached to an aromatic ring is 2.